The van der Waals surface area contributed by atoms with Gasteiger partial charge >= 0.3 is 7.12 Å². The lowest BCUT2D eigenvalue weighted by Gasteiger charge is -2.39. The van der Waals surface area contributed by atoms with Gasteiger partial charge in [-0.25, -0.2) is 0 Å². The molecule has 1 aromatic carbocycles. The first-order valence-corrected chi connectivity index (χ1v) is 7.01. The first-order valence-electron chi connectivity index (χ1n) is 7.01. The third-order valence-electron chi connectivity index (χ3n) is 3.91. The molecule has 1 heterocycles. The maximum absolute atomic E-state index is 9.20. The molecule has 0 bridgehead atoms. The monoisotopic (exact) mass is 262 g/mol. The first kappa shape index (κ1) is 14.5. The van der Waals surface area contributed by atoms with Crippen LogP contribution in [0, 0.1) is 0 Å². The van der Waals surface area contributed by atoms with Crippen LogP contribution in [0.25, 0.3) is 0 Å². The van der Waals surface area contributed by atoms with Crippen LogP contribution in [0.3, 0.4) is 0 Å². The lowest BCUT2D eigenvalue weighted by atomic mass is 9.79. The molecule has 1 aromatic rings. The third kappa shape index (κ3) is 3.80. The highest BCUT2D eigenvalue weighted by molar-refractivity contribution is 6.58. The van der Waals surface area contributed by atoms with Gasteiger partial charge < -0.3 is 10.0 Å². The fourth-order valence-electron chi connectivity index (χ4n) is 2.79. The van der Waals surface area contributed by atoms with Gasteiger partial charge in [-0.2, -0.15) is 0 Å². The van der Waals surface area contributed by atoms with Gasteiger partial charge in [0.25, 0.3) is 0 Å². The van der Waals surface area contributed by atoms with Crippen LogP contribution >= 0.6 is 0 Å². The summed E-state index contributed by atoms with van der Waals surface area (Å²) in [5.41, 5.74) is 1.71. The van der Waals surface area contributed by atoms with Crippen LogP contribution in [0.2, 0.25) is 0 Å². The fourth-order valence-corrected chi connectivity index (χ4v) is 2.79. The maximum Gasteiger partial charge on any atom is 0.488 e. The molecule has 104 valence electrons. The average molecular weight is 262 g/mol. The van der Waals surface area contributed by atoms with E-state index in [0.717, 1.165) is 38.3 Å². The lowest BCUT2D eigenvalue weighted by Crippen LogP contribution is -2.51. The van der Waals surface area contributed by atoms with Crippen molar-refractivity contribution in [2.45, 2.75) is 26.4 Å². The number of hydrogen-bond donors (Lipinski definition) is 2. The number of hydrogen-bond acceptors (Lipinski definition) is 4. The van der Waals surface area contributed by atoms with Gasteiger partial charge in [0.2, 0.25) is 0 Å². The van der Waals surface area contributed by atoms with Gasteiger partial charge in [-0.1, -0.05) is 31.2 Å². The SMILES string of the molecule is CCN1CCN(Cc2cccc(B(O)O)c2)CC1C. The van der Waals surface area contributed by atoms with Crippen LogP contribution in [0.15, 0.2) is 24.3 Å². The third-order valence-corrected chi connectivity index (χ3v) is 3.91. The van der Waals surface area contributed by atoms with Gasteiger partial charge in [-0.3, -0.25) is 9.80 Å². The maximum atomic E-state index is 9.20. The van der Waals surface area contributed by atoms with Crippen LogP contribution in [0.5, 0.6) is 0 Å². The minimum atomic E-state index is -1.38. The van der Waals surface area contributed by atoms with Gasteiger partial charge in [0.15, 0.2) is 0 Å². The Hall–Kier alpha value is -0.875. The van der Waals surface area contributed by atoms with E-state index in [2.05, 4.69) is 23.6 Å². The van der Waals surface area contributed by atoms with E-state index in [9.17, 15) is 10.0 Å². The highest BCUT2D eigenvalue weighted by atomic mass is 16.4. The molecule has 1 atom stereocenters. The van der Waals surface area contributed by atoms with E-state index in [1.54, 1.807) is 6.07 Å². The largest absolute Gasteiger partial charge is 0.488 e. The molecule has 1 aliphatic rings. The predicted molar refractivity (Wildman–Crippen MR) is 78.3 cm³/mol. The Morgan fingerprint density at radius 2 is 2.11 bits per heavy atom. The number of rotatable bonds is 4. The summed E-state index contributed by atoms with van der Waals surface area (Å²) in [4.78, 5) is 4.92. The first-order chi connectivity index (χ1) is 9.10. The Bertz CT molecular complexity index is 414. The highest BCUT2D eigenvalue weighted by Gasteiger charge is 2.22. The van der Waals surface area contributed by atoms with Crippen LogP contribution in [0.1, 0.15) is 19.4 Å². The highest BCUT2D eigenvalue weighted by Crippen LogP contribution is 2.12. The molecule has 1 fully saturated rings. The van der Waals surface area contributed by atoms with E-state index in [0.29, 0.717) is 11.5 Å². The van der Waals surface area contributed by atoms with Crippen molar-refractivity contribution in [3.05, 3.63) is 29.8 Å². The topological polar surface area (TPSA) is 46.9 Å². The van der Waals surface area contributed by atoms with E-state index in [4.69, 9.17) is 0 Å². The smallest absolute Gasteiger partial charge is 0.423 e. The molecule has 0 amide bonds. The molecule has 0 aliphatic carbocycles. The zero-order valence-corrected chi connectivity index (χ0v) is 11.8. The normalized spacial score (nSPS) is 21.6. The molecule has 4 nitrogen and oxygen atoms in total. The molecule has 2 rings (SSSR count). The number of piperazine rings is 1. The van der Waals surface area contributed by atoms with Crippen molar-refractivity contribution in [1.29, 1.82) is 0 Å². The van der Waals surface area contributed by atoms with E-state index >= 15 is 0 Å². The second-order valence-electron chi connectivity index (χ2n) is 5.33. The van der Waals surface area contributed by atoms with Crippen LogP contribution < -0.4 is 5.46 Å². The van der Waals surface area contributed by atoms with Gasteiger partial charge in [0.1, 0.15) is 0 Å². The Labute approximate surface area is 115 Å². The molecule has 0 spiro atoms. The van der Waals surface area contributed by atoms with Crippen molar-refractivity contribution in [3.63, 3.8) is 0 Å². The molecule has 1 aliphatic heterocycles. The molecule has 0 aromatic heterocycles. The number of benzene rings is 1. The summed E-state index contributed by atoms with van der Waals surface area (Å²) in [7, 11) is -1.38. The molecule has 0 saturated carbocycles. The van der Waals surface area contributed by atoms with Crippen molar-refractivity contribution in [1.82, 2.24) is 9.80 Å². The van der Waals surface area contributed by atoms with Crippen molar-refractivity contribution >= 4 is 12.6 Å². The average Bonchev–Trinajstić information content (AvgIpc) is 2.39. The summed E-state index contributed by atoms with van der Waals surface area (Å²) < 4.78 is 0. The molecule has 0 radical (unpaired) electrons. The standard InChI is InChI=1S/C14H23BN2O2/c1-3-17-8-7-16(10-12(17)2)11-13-5-4-6-14(9-13)15(18)19/h4-6,9,12,18-19H,3,7-8,10-11H2,1-2H3. The van der Waals surface area contributed by atoms with E-state index < -0.39 is 7.12 Å². The summed E-state index contributed by atoms with van der Waals surface area (Å²) in [5.74, 6) is 0. The molecule has 19 heavy (non-hydrogen) atoms. The number of likely N-dealkylation sites (N-methyl/N-ethyl adjacent to an activating group) is 1. The summed E-state index contributed by atoms with van der Waals surface area (Å²) in [5, 5.41) is 18.4. The molecule has 5 heteroatoms. The van der Waals surface area contributed by atoms with Crippen molar-refractivity contribution in [3.8, 4) is 0 Å². The van der Waals surface area contributed by atoms with Gasteiger partial charge in [-0.15, -0.1) is 0 Å². The minimum absolute atomic E-state index is 0.567. The minimum Gasteiger partial charge on any atom is -0.423 e. The van der Waals surface area contributed by atoms with Crippen molar-refractivity contribution in [2.24, 2.45) is 0 Å². The molecular weight excluding hydrogens is 239 g/mol. The second kappa shape index (κ2) is 6.52. The lowest BCUT2D eigenvalue weighted by molar-refractivity contribution is 0.0834. The van der Waals surface area contributed by atoms with E-state index in [1.165, 1.54) is 0 Å². The van der Waals surface area contributed by atoms with Gasteiger partial charge in [0, 0.05) is 32.2 Å². The Morgan fingerprint density at radius 3 is 2.74 bits per heavy atom. The summed E-state index contributed by atoms with van der Waals surface area (Å²) in [6.07, 6.45) is 0. The summed E-state index contributed by atoms with van der Waals surface area (Å²) in [6.45, 7) is 9.72. The van der Waals surface area contributed by atoms with E-state index in [1.807, 2.05) is 18.2 Å². The van der Waals surface area contributed by atoms with Crippen LogP contribution in [-0.2, 0) is 6.54 Å². The molecule has 1 saturated heterocycles. The van der Waals surface area contributed by atoms with Crippen LogP contribution in [-0.4, -0.2) is 59.2 Å². The Morgan fingerprint density at radius 1 is 1.32 bits per heavy atom. The molecule has 1 unspecified atom stereocenters. The quantitative estimate of drug-likeness (QED) is 0.743. The summed E-state index contributed by atoms with van der Waals surface area (Å²) >= 11 is 0. The Balaban J connectivity index is 1.96. The van der Waals surface area contributed by atoms with Crippen molar-refractivity contribution < 1.29 is 10.0 Å². The zero-order valence-electron chi connectivity index (χ0n) is 11.8. The molecule has 2 N–H and O–H groups in total. The van der Waals surface area contributed by atoms with Gasteiger partial charge in [-0.05, 0) is 24.5 Å². The predicted octanol–water partition coefficient (Wildman–Crippen LogP) is -0.108. The van der Waals surface area contributed by atoms with Crippen LogP contribution in [0.4, 0.5) is 0 Å². The summed E-state index contributed by atoms with van der Waals surface area (Å²) in [6, 6.07) is 8.14. The van der Waals surface area contributed by atoms with Gasteiger partial charge in [0.05, 0.1) is 0 Å². The van der Waals surface area contributed by atoms with Crippen molar-refractivity contribution in [2.75, 3.05) is 26.2 Å². The van der Waals surface area contributed by atoms with E-state index in [-0.39, 0.29) is 0 Å². The Kier molecular flexibility index (Phi) is 4.99. The number of nitrogens with zero attached hydrogens (tertiary/aromatic N) is 2. The zero-order chi connectivity index (χ0) is 13.8. The second-order valence-corrected chi connectivity index (χ2v) is 5.33. The molecular formula is C14H23BN2O2. The fraction of sp³-hybridized carbons (Fsp3) is 0.571.